The van der Waals surface area contributed by atoms with Crippen molar-refractivity contribution < 1.29 is 13.6 Å². The Morgan fingerprint density at radius 3 is 2.81 bits per heavy atom. The number of nitrogens with zero attached hydrogens (tertiary/aromatic N) is 6. The number of rotatable bonds is 7. The molecule has 10 heteroatoms. The minimum Gasteiger partial charge on any atom is -0.414 e. The molecule has 2 heterocycles. The van der Waals surface area contributed by atoms with Crippen LogP contribution in [0.1, 0.15) is 24.4 Å². The highest BCUT2D eigenvalue weighted by Crippen LogP contribution is 2.22. The lowest BCUT2D eigenvalue weighted by atomic mass is 10.1. The number of carbonyl (C=O) groups is 1. The summed E-state index contributed by atoms with van der Waals surface area (Å²) in [7, 11) is 1.71. The lowest BCUT2D eigenvalue weighted by molar-refractivity contribution is -0.128. The molecule has 0 aliphatic rings. The molecule has 1 aromatic carbocycles. The van der Waals surface area contributed by atoms with Crippen molar-refractivity contribution in [3.05, 3.63) is 54.2 Å². The first-order valence-electron chi connectivity index (χ1n) is 7.81. The van der Waals surface area contributed by atoms with Crippen LogP contribution >= 0.6 is 11.8 Å². The summed E-state index contributed by atoms with van der Waals surface area (Å²) in [6.07, 6.45) is 2.97. The number of halogens is 1. The maximum Gasteiger partial charge on any atom is 0.277 e. The molecule has 1 atom stereocenters. The average Bonchev–Trinajstić information content (AvgIpc) is 3.31. The van der Waals surface area contributed by atoms with Crippen LogP contribution in [0.5, 0.6) is 0 Å². The summed E-state index contributed by atoms with van der Waals surface area (Å²) in [6.45, 7) is 2.21. The summed E-state index contributed by atoms with van der Waals surface area (Å²) >= 11 is 1.17. The van der Waals surface area contributed by atoms with E-state index in [2.05, 4.69) is 20.3 Å². The molecule has 0 saturated carbocycles. The second-order valence-electron chi connectivity index (χ2n) is 5.58. The van der Waals surface area contributed by atoms with E-state index >= 15 is 0 Å². The number of benzene rings is 1. The lowest BCUT2D eigenvalue weighted by Crippen LogP contribution is -2.31. The van der Waals surface area contributed by atoms with E-state index in [0.29, 0.717) is 17.7 Å². The predicted octanol–water partition coefficient (Wildman–Crippen LogP) is 2.16. The maximum absolute atomic E-state index is 13.0. The third-order valence-corrected chi connectivity index (χ3v) is 4.66. The largest absolute Gasteiger partial charge is 0.414 e. The van der Waals surface area contributed by atoms with Gasteiger partial charge in [0.2, 0.25) is 11.8 Å². The molecule has 0 bridgehead atoms. The van der Waals surface area contributed by atoms with E-state index < -0.39 is 0 Å². The van der Waals surface area contributed by atoms with Gasteiger partial charge in [0.1, 0.15) is 25.0 Å². The van der Waals surface area contributed by atoms with Crippen LogP contribution in [-0.4, -0.2) is 48.6 Å². The smallest absolute Gasteiger partial charge is 0.277 e. The monoisotopic (exact) mass is 376 g/mol. The summed E-state index contributed by atoms with van der Waals surface area (Å²) in [5, 5.41) is 12.1. The molecule has 0 radical (unpaired) electrons. The first kappa shape index (κ1) is 18.1. The minimum atomic E-state index is -0.302. The number of hydrogen-bond donors (Lipinski definition) is 0. The molecule has 3 aromatic rings. The number of aromatic nitrogens is 5. The Hall–Kier alpha value is -2.75. The summed E-state index contributed by atoms with van der Waals surface area (Å²) in [5.41, 5.74) is 0.861. The molecule has 1 unspecified atom stereocenters. The molecule has 0 saturated heterocycles. The van der Waals surface area contributed by atoms with Gasteiger partial charge in [-0.15, -0.1) is 10.2 Å². The quantitative estimate of drug-likeness (QED) is 0.584. The number of thioether (sulfide) groups is 1. The third kappa shape index (κ3) is 4.45. The zero-order chi connectivity index (χ0) is 18.5. The van der Waals surface area contributed by atoms with Crippen LogP contribution in [0.15, 0.2) is 46.6 Å². The van der Waals surface area contributed by atoms with E-state index in [1.165, 1.54) is 30.2 Å². The van der Waals surface area contributed by atoms with E-state index in [9.17, 15) is 9.18 Å². The molecule has 26 heavy (non-hydrogen) atoms. The molecular formula is C16H17FN6O2S. The average molecular weight is 376 g/mol. The predicted molar refractivity (Wildman–Crippen MR) is 91.7 cm³/mol. The van der Waals surface area contributed by atoms with Crippen LogP contribution in [0.2, 0.25) is 0 Å². The lowest BCUT2D eigenvalue weighted by Gasteiger charge is -2.25. The molecule has 0 spiro atoms. The van der Waals surface area contributed by atoms with Crippen LogP contribution in [-0.2, 0) is 11.3 Å². The van der Waals surface area contributed by atoms with Crippen molar-refractivity contribution in [2.75, 3.05) is 12.8 Å². The van der Waals surface area contributed by atoms with Crippen LogP contribution in [0.25, 0.3) is 0 Å². The van der Waals surface area contributed by atoms with Crippen LogP contribution in [0, 0.1) is 5.82 Å². The minimum absolute atomic E-state index is 0.0946. The van der Waals surface area contributed by atoms with Gasteiger partial charge in [0.15, 0.2) is 0 Å². The van der Waals surface area contributed by atoms with E-state index in [4.69, 9.17) is 4.42 Å². The van der Waals surface area contributed by atoms with Crippen LogP contribution in [0.3, 0.4) is 0 Å². The van der Waals surface area contributed by atoms with Crippen molar-refractivity contribution in [3.8, 4) is 0 Å². The SMILES string of the molecule is CC(c1ccc(F)cc1)N(C)C(=O)CSc1nnc(Cn2cncn2)o1. The number of amides is 1. The highest BCUT2D eigenvalue weighted by atomic mass is 32.2. The fourth-order valence-electron chi connectivity index (χ4n) is 2.22. The van der Waals surface area contributed by atoms with Gasteiger partial charge < -0.3 is 9.32 Å². The van der Waals surface area contributed by atoms with E-state index in [0.717, 1.165) is 5.56 Å². The van der Waals surface area contributed by atoms with Gasteiger partial charge in [0.05, 0.1) is 11.8 Å². The molecule has 136 valence electrons. The Bertz CT molecular complexity index is 852. The van der Waals surface area contributed by atoms with E-state index in [-0.39, 0.29) is 23.5 Å². The van der Waals surface area contributed by atoms with Crippen molar-refractivity contribution in [3.63, 3.8) is 0 Å². The summed E-state index contributed by atoms with van der Waals surface area (Å²) < 4.78 is 20.1. The van der Waals surface area contributed by atoms with Gasteiger partial charge >= 0.3 is 0 Å². The second-order valence-corrected chi connectivity index (χ2v) is 6.50. The first-order chi connectivity index (χ1) is 12.5. The van der Waals surface area contributed by atoms with Crippen molar-refractivity contribution in [2.45, 2.75) is 24.7 Å². The molecule has 0 N–H and O–H groups in total. The maximum atomic E-state index is 13.0. The van der Waals surface area contributed by atoms with Gasteiger partial charge in [0, 0.05) is 7.05 Å². The Morgan fingerprint density at radius 1 is 1.35 bits per heavy atom. The number of hydrogen-bond acceptors (Lipinski definition) is 7. The highest BCUT2D eigenvalue weighted by molar-refractivity contribution is 7.99. The Morgan fingerprint density at radius 2 is 2.12 bits per heavy atom. The van der Waals surface area contributed by atoms with Crippen molar-refractivity contribution in [1.29, 1.82) is 0 Å². The number of carbonyl (C=O) groups excluding carboxylic acids is 1. The van der Waals surface area contributed by atoms with Gasteiger partial charge in [-0.3, -0.25) is 4.79 Å². The summed E-state index contributed by atoms with van der Waals surface area (Å²) in [6, 6.07) is 5.94. The Balaban J connectivity index is 1.53. The molecule has 3 rings (SSSR count). The van der Waals surface area contributed by atoms with Gasteiger partial charge in [-0.25, -0.2) is 14.1 Å². The molecule has 8 nitrogen and oxygen atoms in total. The summed E-state index contributed by atoms with van der Waals surface area (Å²) in [5.74, 6) is 0.150. The van der Waals surface area contributed by atoms with Gasteiger partial charge in [-0.05, 0) is 24.6 Å². The van der Waals surface area contributed by atoms with E-state index in [1.807, 2.05) is 6.92 Å². The second kappa shape index (κ2) is 8.09. The summed E-state index contributed by atoms with van der Waals surface area (Å²) in [4.78, 5) is 17.8. The van der Waals surface area contributed by atoms with E-state index in [1.54, 1.807) is 35.1 Å². The molecule has 1 amide bonds. The molecule has 0 fully saturated rings. The molecule has 0 aliphatic heterocycles. The van der Waals surface area contributed by atoms with Crippen LogP contribution in [0.4, 0.5) is 4.39 Å². The zero-order valence-corrected chi connectivity index (χ0v) is 15.1. The fraction of sp³-hybridized carbons (Fsp3) is 0.312. The Labute approximate surface area is 153 Å². The van der Waals surface area contributed by atoms with Gasteiger partial charge in [0.25, 0.3) is 5.22 Å². The first-order valence-corrected chi connectivity index (χ1v) is 8.80. The topological polar surface area (TPSA) is 89.9 Å². The third-order valence-electron chi connectivity index (χ3n) is 3.86. The normalized spacial score (nSPS) is 12.1. The zero-order valence-electron chi connectivity index (χ0n) is 14.2. The van der Waals surface area contributed by atoms with Gasteiger partial charge in [-0.1, -0.05) is 23.9 Å². The molecule has 2 aromatic heterocycles. The van der Waals surface area contributed by atoms with Gasteiger partial charge in [-0.2, -0.15) is 5.10 Å². The Kier molecular flexibility index (Phi) is 5.61. The van der Waals surface area contributed by atoms with Crippen molar-refractivity contribution in [1.82, 2.24) is 29.9 Å². The van der Waals surface area contributed by atoms with Crippen molar-refractivity contribution in [2.24, 2.45) is 0 Å². The standard InChI is InChI=1S/C16H17FN6O2S/c1-11(12-3-5-13(17)6-4-12)22(2)15(24)8-26-16-21-20-14(25-16)7-23-10-18-9-19-23/h3-6,9-11H,7-8H2,1-2H3. The molecule has 0 aliphatic carbocycles. The highest BCUT2D eigenvalue weighted by Gasteiger charge is 2.19. The van der Waals surface area contributed by atoms with Crippen LogP contribution < -0.4 is 0 Å². The van der Waals surface area contributed by atoms with Crippen molar-refractivity contribution >= 4 is 17.7 Å². The fourth-order valence-corrected chi connectivity index (χ4v) is 2.92. The molecular weight excluding hydrogens is 359 g/mol.